The van der Waals surface area contributed by atoms with Gasteiger partial charge < -0.3 is 15.0 Å². The van der Waals surface area contributed by atoms with E-state index in [1.165, 1.54) is 11.3 Å². The molecule has 8 heteroatoms. The molecule has 0 bridgehead atoms. The Morgan fingerprint density at radius 1 is 1.40 bits per heavy atom. The predicted molar refractivity (Wildman–Crippen MR) is 82.7 cm³/mol. The quantitative estimate of drug-likeness (QED) is 0.853. The predicted octanol–water partition coefficient (Wildman–Crippen LogP) is 2.10. The first-order chi connectivity index (χ1) is 9.86. The minimum atomic E-state index is 0.685. The molecular formula is C12H15N5OS2. The van der Waals surface area contributed by atoms with Gasteiger partial charge in [-0.25, -0.2) is 4.98 Å². The number of rotatable bonds is 5. The third-order valence-corrected chi connectivity index (χ3v) is 4.62. The molecule has 1 saturated heterocycles. The van der Waals surface area contributed by atoms with Gasteiger partial charge in [0.2, 0.25) is 5.13 Å². The SMILES string of the molecule is C=CCNc1nnc(-c2csc(N3CCOCC3)n2)s1. The van der Waals surface area contributed by atoms with Crippen molar-refractivity contribution in [3.63, 3.8) is 0 Å². The highest BCUT2D eigenvalue weighted by Crippen LogP contribution is 2.31. The lowest BCUT2D eigenvalue weighted by Crippen LogP contribution is -2.36. The second-order valence-corrected chi connectivity index (χ2v) is 6.01. The third-order valence-electron chi connectivity index (χ3n) is 2.82. The zero-order valence-electron chi connectivity index (χ0n) is 10.9. The van der Waals surface area contributed by atoms with Crippen LogP contribution in [0.15, 0.2) is 18.0 Å². The highest BCUT2D eigenvalue weighted by Gasteiger charge is 2.16. The summed E-state index contributed by atoms with van der Waals surface area (Å²) in [6, 6.07) is 0. The highest BCUT2D eigenvalue weighted by atomic mass is 32.1. The van der Waals surface area contributed by atoms with Crippen molar-refractivity contribution in [3.8, 4) is 10.7 Å². The van der Waals surface area contributed by atoms with Crippen LogP contribution in [-0.2, 0) is 4.74 Å². The summed E-state index contributed by atoms with van der Waals surface area (Å²) < 4.78 is 5.35. The van der Waals surface area contributed by atoms with E-state index >= 15 is 0 Å². The second kappa shape index (κ2) is 6.29. The molecule has 3 rings (SSSR count). The first-order valence-corrected chi connectivity index (χ1v) is 8.03. The van der Waals surface area contributed by atoms with E-state index < -0.39 is 0 Å². The Morgan fingerprint density at radius 2 is 2.25 bits per heavy atom. The summed E-state index contributed by atoms with van der Waals surface area (Å²) in [7, 11) is 0. The molecule has 2 aromatic rings. The number of hydrogen-bond acceptors (Lipinski definition) is 8. The number of nitrogens with zero attached hydrogens (tertiary/aromatic N) is 4. The van der Waals surface area contributed by atoms with Crippen LogP contribution in [0.4, 0.5) is 10.3 Å². The first kappa shape index (κ1) is 13.5. The molecule has 1 aliphatic rings. The summed E-state index contributed by atoms with van der Waals surface area (Å²) >= 11 is 3.15. The second-order valence-electron chi connectivity index (χ2n) is 4.20. The van der Waals surface area contributed by atoms with Crippen LogP contribution in [0.3, 0.4) is 0 Å². The van der Waals surface area contributed by atoms with Gasteiger partial charge in [-0.1, -0.05) is 17.4 Å². The van der Waals surface area contributed by atoms with Crippen molar-refractivity contribution in [2.75, 3.05) is 43.1 Å². The fraction of sp³-hybridized carbons (Fsp3) is 0.417. The molecule has 0 spiro atoms. The number of aromatic nitrogens is 3. The maximum absolute atomic E-state index is 5.35. The van der Waals surface area contributed by atoms with Crippen LogP contribution in [0.1, 0.15) is 0 Å². The normalized spacial score (nSPS) is 15.3. The molecule has 20 heavy (non-hydrogen) atoms. The van der Waals surface area contributed by atoms with E-state index in [1.807, 2.05) is 5.38 Å². The van der Waals surface area contributed by atoms with Gasteiger partial charge in [-0.05, 0) is 0 Å². The Bertz CT molecular complexity index is 576. The van der Waals surface area contributed by atoms with Crippen LogP contribution in [0.2, 0.25) is 0 Å². The largest absolute Gasteiger partial charge is 0.378 e. The van der Waals surface area contributed by atoms with Crippen molar-refractivity contribution in [1.29, 1.82) is 0 Å². The Kier molecular flexibility index (Phi) is 4.24. The number of morpholine rings is 1. The van der Waals surface area contributed by atoms with Crippen LogP contribution in [0.5, 0.6) is 0 Å². The number of thiazole rings is 1. The summed E-state index contributed by atoms with van der Waals surface area (Å²) in [6.45, 7) is 7.68. The molecule has 6 nitrogen and oxygen atoms in total. The molecule has 0 radical (unpaired) electrons. The summed E-state index contributed by atoms with van der Waals surface area (Å²) in [6.07, 6.45) is 1.79. The van der Waals surface area contributed by atoms with Crippen molar-refractivity contribution in [2.24, 2.45) is 0 Å². The molecular weight excluding hydrogens is 294 g/mol. The van der Waals surface area contributed by atoms with Gasteiger partial charge in [0.15, 0.2) is 10.1 Å². The third kappa shape index (κ3) is 2.97. The lowest BCUT2D eigenvalue weighted by molar-refractivity contribution is 0.122. The molecule has 1 N–H and O–H groups in total. The van der Waals surface area contributed by atoms with Gasteiger partial charge in [0.25, 0.3) is 0 Å². The monoisotopic (exact) mass is 309 g/mol. The summed E-state index contributed by atoms with van der Waals surface area (Å²) in [5.74, 6) is 0. The Labute approximate surface area is 125 Å². The molecule has 0 atom stereocenters. The van der Waals surface area contributed by atoms with E-state index in [2.05, 4.69) is 32.0 Å². The van der Waals surface area contributed by atoms with Crippen LogP contribution >= 0.6 is 22.7 Å². The highest BCUT2D eigenvalue weighted by molar-refractivity contribution is 7.19. The van der Waals surface area contributed by atoms with Crippen molar-refractivity contribution in [2.45, 2.75) is 0 Å². The van der Waals surface area contributed by atoms with Crippen LogP contribution in [-0.4, -0.2) is 48.0 Å². The van der Waals surface area contributed by atoms with Gasteiger partial charge in [-0.15, -0.1) is 28.1 Å². The Hall–Kier alpha value is -1.51. The summed E-state index contributed by atoms with van der Waals surface area (Å²) in [5.41, 5.74) is 0.889. The molecule has 3 heterocycles. The fourth-order valence-electron chi connectivity index (χ4n) is 1.82. The maximum atomic E-state index is 5.35. The minimum Gasteiger partial charge on any atom is -0.378 e. The zero-order chi connectivity index (χ0) is 13.8. The van der Waals surface area contributed by atoms with Crippen LogP contribution in [0, 0.1) is 0 Å². The van der Waals surface area contributed by atoms with E-state index in [4.69, 9.17) is 4.74 Å². The molecule has 0 amide bonds. The fourth-order valence-corrected chi connectivity index (χ4v) is 3.47. The van der Waals surface area contributed by atoms with Gasteiger partial charge in [0.05, 0.1) is 13.2 Å². The molecule has 1 aliphatic heterocycles. The Balaban J connectivity index is 1.72. The van der Waals surface area contributed by atoms with Gasteiger partial charge >= 0.3 is 0 Å². The number of ether oxygens (including phenoxy) is 1. The lowest BCUT2D eigenvalue weighted by atomic mass is 10.4. The van der Waals surface area contributed by atoms with Crippen molar-refractivity contribution in [3.05, 3.63) is 18.0 Å². The topological polar surface area (TPSA) is 63.2 Å². The van der Waals surface area contributed by atoms with E-state index in [0.29, 0.717) is 6.54 Å². The van der Waals surface area contributed by atoms with Crippen LogP contribution in [0.25, 0.3) is 10.7 Å². The molecule has 2 aromatic heterocycles. The molecule has 106 valence electrons. The first-order valence-electron chi connectivity index (χ1n) is 6.33. The van der Waals surface area contributed by atoms with E-state index in [9.17, 15) is 0 Å². The molecule has 0 saturated carbocycles. The van der Waals surface area contributed by atoms with E-state index in [-0.39, 0.29) is 0 Å². The van der Waals surface area contributed by atoms with Gasteiger partial charge in [0, 0.05) is 25.0 Å². The minimum absolute atomic E-state index is 0.685. The molecule has 0 aliphatic carbocycles. The van der Waals surface area contributed by atoms with Crippen molar-refractivity contribution in [1.82, 2.24) is 15.2 Å². The Morgan fingerprint density at radius 3 is 3.05 bits per heavy atom. The number of hydrogen-bond donors (Lipinski definition) is 1. The van der Waals surface area contributed by atoms with Crippen molar-refractivity contribution < 1.29 is 4.74 Å². The zero-order valence-corrected chi connectivity index (χ0v) is 12.5. The summed E-state index contributed by atoms with van der Waals surface area (Å²) in [4.78, 5) is 6.89. The van der Waals surface area contributed by atoms with E-state index in [0.717, 1.165) is 47.3 Å². The average molecular weight is 309 g/mol. The molecule has 0 unspecified atom stereocenters. The number of nitrogens with one attached hydrogen (secondary N) is 1. The smallest absolute Gasteiger partial charge is 0.206 e. The molecule has 1 fully saturated rings. The average Bonchev–Trinajstić information content (AvgIpc) is 3.15. The molecule has 0 aromatic carbocycles. The number of anilines is 2. The lowest BCUT2D eigenvalue weighted by Gasteiger charge is -2.25. The standard InChI is InChI=1S/C12H15N5OS2/c1-2-3-13-11-16-15-10(20-11)9-8-19-12(14-9)17-4-6-18-7-5-17/h2,8H,1,3-7H2,(H,13,16). The maximum Gasteiger partial charge on any atom is 0.206 e. The summed E-state index contributed by atoms with van der Waals surface area (Å²) in [5, 5.41) is 16.1. The van der Waals surface area contributed by atoms with Crippen molar-refractivity contribution >= 4 is 32.9 Å². The van der Waals surface area contributed by atoms with E-state index in [1.54, 1.807) is 17.4 Å². The van der Waals surface area contributed by atoms with Crippen LogP contribution < -0.4 is 10.2 Å². The van der Waals surface area contributed by atoms with Gasteiger partial charge in [-0.2, -0.15) is 0 Å². The van der Waals surface area contributed by atoms with Gasteiger partial charge in [0.1, 0.15) is 5.69 Å². The van der Waals surface area contributed by atoms with Gasteiger partial charge in [-0.3, -0.25) is 0 Å².